The molecule has 1 atom stereocenters. The fraction of sp³-hybridized carbons (Fsp3) is 0.750. The fourth-order valence-corrected chi connectivity index (χ4v) is 1.47. The van der Waals surface area contributed by atoms with Gasteiger partial charge in [0.05, 0.1) is 31.3 Å². The first-order valence-corrected chi connectivity index (χ1v) is 5.89. The second-order valence-electron chi connectivity index (χ2n) is 4.15. The first-order chi connectivity index (χ1) is 7.65. The summed E-state index contributed by atoms with van der Waals surface area (Å²) in [5.74, 6) is 0. The maximum atomic E-state index is 9.76. The van der Waals surface area contributed by atoms with Crippen molar-refractivity contribution in [2.45, 2.75) is 46.3 Å². The third-order valence-electron chi connectivity index (χ3n) is 2.71. The van der Waals surface area contributed by atoms with Crippen LogP contribution in [-0.2, 0) is 11.3 Å². The van der Waals surface area contributed by atoms with Crippen molar-refractivity contribution in [3.05, 3.63) is 17.7 Å². The van der Waals surface area contributed by atoms with E-state index >= 15 is 0 Å². The number of aliphatic hydroxyl groups excluding tert-OH is 1. The van der Waals surface area contributed by atoms with E-state index in [1.165, 1.54) is 0 Å². The van der Waals surface area contributed by atoms with Crippen LogP contribution >= 0.6 is 0 Å². The molecule has 0 radical (unpaired) electrons. The van der Waals surface area contributed by atoms with Gasteiger partial charge in [-0.05, 0) is 20.3 Å². The van der Waals surface area contributed by atoms with Crippen molar-refractivity contribution in [1.82, 2.24) is 9.55 Å². The predicted molar refractivity (Wildman–Crippen MR) is 63.4 cm³/mol. The lowest BCUT2D eigenvalue weighted by atomic mass is 10.3. The Morgan fingerprint density at radius 3 is 2.81 bits per heavy atom. The van der Waals surface area contributed by atoms with Crippen LogP contribution in [0.5, 0.6) is 0 Å². The molecule has 0 spiro atoms. The van der Waals surface area contributed by atoms with Gasteiger partial charge in [0.25, 0.3) is 0 Å². The van der Waals surface area contributed by atoms with E-state index in [0.29, 0.717) is 13.2 Å². The average Bonchev–Trinajstić information content (AvgIpc) is 2.56. The minimum absolute atomic E-state index is 0.399. The molecule has 1 aromatic heterocycles. The lowest BCUT2D eigenvalue weighted by molar-refractivity contribution is 0.0268. The molecule has 0 amide bonds. The number of nitrogens with zero attached hydrogens (tertiary/aromatic N) is 2. The van der Waals surface area contributed by atoms with Crippen LogP contribution in [-0.4, -0.2) is 34.0 Å². The summed E-state index contributed by atoms with van der Waals surface area (Å²) in [4.78, 5) is 4.19. The van der Waals surface area contributed by atoms with Gasteiger partial charge in [-0.1, -0.05) is 13.3 Å². The zero-order valence-corrected chi connectivity index (χ0v) is 10.4. The van der Waals surface area contributed by atoms with Crippen molar-refractivity contribution in [3.8, 4) is 0 Å². The Labute approximate surface area is 97.3 Å². The van der Waals surface area contributed by atoms with Crippen LogP contribution in [0.2, 0.25) is 0 Å². The molecule has 0 bridgehead atoms. The molecule has 1 heterocycles. The number of ether oxygens (including phenoxy) is 1. The highest BCUT2D eigenvalue weighted by Gasteiger charge is 2.08. The van der Waals surface area contributed by atoms with E-state index in [1.54, 1.807) is 6.33 Å². The summed E-state index contributed by atoms with van der Waals surface area (Å²) >= 11 is 0. The van der Waals surface area contributed by atoms with Gasteiger partial charge in [-0.25, -0.2) is 4.98 Å². The second kappa shape index (κ2) is 6.66. The Hall–Kier alpha value is -0.870. The lowest BCUT2D eigenvalue weighted by Crippen LogP contribution is -2.22. The molecule has 1 aromatic rings. The molecule has 0 aromatic carbocycles. The van der Waals surface area contributed by atoms with Crippen molar-refractivity contribution in [2.75, 3.05) is 13.2 Å². The summed E-state index contributed by atoms with van der Waals surface area (Å²) in [6.45, 7) is 7.78. The number of hydrogen-bond acceptors (Lipinski definition) is 3. The van der Waals surface area contributed by atoms with Gasteiger partial charge in [0.2, 0.25) is 0 Å². The second-order valence-corrected chi connectivity index (χ2v) is 4.15. The minimum atomic E-state index is -0.454. The van der Waals surface area contributed by atoms with E-state index in [1.807, 2.05) is 18.4 Å². The number of hydrogen-bond donors (Lipinski definition) is 1. The summed E-state index contributed by atoms with van der Waals surface area (Å²) in [5.41, 5.74) is 2.12. The van der Waals surface area contributed by atoms with Crippen molar-refractivity contribution in [2.24, 2.45) is 0 Å². The standard InChI is InChI=1S/C12H22N2O2/c1-4-5-6-16-8-12(15)7-14-9-13-10(2)11(14)3/h9,12,15H,4-8H2,1-3H3. The van der Waals surface area contributed by atoms with Gasteiger partial charge in [-0.3, -0.25) is 0 Å². The molecule has 92 valence electrons. The van der Waals surface area contributed by atoms with Crippen LogP contribution in [0.3, 0.4) is 0 Å². The summed E-state index contributed by atoms with van der Waals surface area (Å²) < 4.78 is 7.33. The highest BCUT2D eigenvalue weighted by molar-refractivity contribution is 5.08. The molecular formula is C12H22N2O2. The molecule has 1 N–H and O–H groups in total. The van der Waals surface area contributed by atoms with Crippen LogP contribution in [0.25, 0.3) is 0 Å². The molecule has 0 saturated heterocycles. The van der Waals surface area contributed by atoms with E-state index in [2.05, 4.69) is 11.9 Å². The highest BCUT2D eigenvalue weighted by atomic mass is 16.5. The zero-order valence-electron chi connectivity index (χ0n) is 10.4. The molecule has 0 aliphatic heterocycles. The monoisotopic (exact) mass is 226 g/mol. The molecule has 4 nitrogen and oxygen atoms in total. The molecule has 4 heteroatoms. The molecule has 0 aliphatic carbocycles. The van der Waals surface area contributed by atoms with Crippen molar-refractivity contribution < 1.29 is 9.84 Å². The summed E-state index contributed by atoms with van der Waals surface area (Å²) in [6.07, 6.45) is 3.48. The van der Waals surface area contributed by atoms with E-state index in [0.717, 1.165) is 30.8 Å². The first kappa shape index (κ1) is 13.2. The Balaban J connectivity index is 2.28. The van der Waals surface area contributed by atoms with Gasteiger partial charge in [0.1, 0.15) is 0 Å². The molecule has 0 saturated carbocycles. The SMILES string of the molecule is CCCCOCC(O)Cn1cnc(C)c1C. The van der Waals surface area contributed by atoms with Crippen molar-refractivity contribution in [1.29, 1.82) is 0 Å². The zero-order chi connectivity index (χ0) is 12.0. The topological polar surface area (TPSA) is 47.3 Å². The number of aromatic nitrogens is 2. The van der Waals surface area contributed by atoms with E-state index in [4.69, 9.17) is 4.74 Å². The Kier molecular flexibility index (Phi) is 5.49. The largest absolute Gasteiger partial charge is 0.389 e. The maximum Gasteiger partial charge on any atom is 0.0952 e. The number of rotatable bonds is 7. The summed E-state index contributed by atoms with van der Waals surface area (Å²) in [7, 11) is 0. The van der Waals surface area contributed by atoms with Crippen LogP contribution < -0.4 is 0 Å². The van der Waals surface area contributed by atoms with E-state index < -0.39 is 6.10 Å². The molecular weight excluding hydrogens is 204 g/mol. The third kappa shape index (κ3) is 3.94. The van der Waals surface area contributed by atoms with Gasteiger partial charge in [-0.2, -0.15) is 0 Å². The summed E-state index contributed by atoms with van der Waals surface area (Å²) in [5, 5.41) is 9.76. The molecule has 0 fully saturated rings. The van der Waals surface area contributed by atoms with Crippen LogP contribution in [0.1, 0.15) is 31.2 Å². The fourth-order valence-electron chi connectivity index (χ4n) is 1.47. The van der Waals surface area contributed by atoms with Crippen molar-refractivity contribution >= 4 is 0 Å². The number of imidazole rings is 1. The molecule has 16 heavy (non-hydrogen) atoms. The van der Waals surface area contributed by atoms with Gasteiger partial charge in [-0.15, -0.1) is 0 Å². The van der Waals surface area contributed by atoms with Crippen LogP contribution in [0.15, 0.2) is 6.33 Å². The van der Waals surface area contributed by atoms with Crippen LogP contribution in [0.4, 0.5) is 0 Å². The maximum absolute atomic E-state index is 9.76. The van der Waals surface area contributed by atoms with Gasteiger partial charge in [0, 0.05) is 12.3 Å². The smallest absolute Gasteiger partial charge is 0.0952 e. The number of unbranched alkanes of at least 4 members (excludes halogenated alkanes) is 1. The van der Waals surface area contributed by atoms with E-state index in [9.17, 15) is 5.11 Å². The quantitative estimate of drug-likeness (QED) is 0.719. The Morgan fingerprint density at radius 1 is 1.50 bits per heavy atom. The van der Waals surface area contributed by atoms with Gasteiger partial charge < -0.3 is 14.4 Å². The van der Waals surface area contributed by atoms with E-state index in [-0.39, 0.29) is 0 Å². The third-order valence-corrected chi connectivity index (χ3v) is 2.71. The predicted octanol–water partition coefficient (Wildman–Crippen LogP) is 1.68. The molecule has 1 unspecified atom stereocenters. The number of aliphatic hydroxyl groups is 1. The molecule has 0 aliphatic rings. The van der Waals surface area contributed by atoms with Crippen LogP contribution in [0, 0.1) is 13.8 Å². The first-order valence-electron chi connectivity index (χ1n) is 5.89. The lowest BCUT2D eigenvalue weighted by Gasteiger charge is -2.13. The van der Waals surface area contributed by atoms with Gasteiger partial charge in [0.15, 0.2) is 0 Å². The summed E-state index contributed by atoms with van der Waals surface area (Å²) in [6, 6.07) is 0. The Bertz CT molecular complexity index is 310. The molecule has 1 rings (SSSR count). The Morgan fingerprint density at radius 2 is 2.25 bits per heavy atom. The average molecular weight is 226 g/mol. The highest BCUT2D eigenvalue weighted by Crippen LogP contribution is 2.05. The minimum Gasteiger partial charge on any atom is -0.389 e. The van der Waals surface area contributed by atoms with Gasteiger partial charge >= 0.3 is 0 Å². The normalized spacial score (nSPS) is 13.0. The van der Waals surface area contributed by atoms with Crippen molar-refractivity contribution in [3.63, 3.8) is 0 Å². The number of aryl methyl sites for hydroxylation is 1.